The first kappa shape index (κ1) is 25.4. The molecule has 39 heavy (non-hydrogen) atoms. The Morgan fingerprint density at radius 2 is 2.08 bits per heavy atom. The highest BCUT2D eigenvalue weighted by atomic mass is 19.1. The molecular weight excluding hydrogens is 499 g/mol. The number of halogens is 1. The molecule has 2 atom stereocenters. The van der Waals surface area contributed by atoms with Gasteiger partial charge in [0.05, 0.1) is 19.3 Å². The maximum Gasteiger partial charge on any atom is 0.253 e. The van der Waals surface area contributed by atoms with Gasteiger partial charge in [0.25, 0.3) is 5.56 Å². The number of pyridine rings is 1. The van der Waals surface area contributed by atoms with Crippen molar-refractivity contribution in [2.75, 3.05) is 26.3 Å². The first-order valence-corrected chi connectivity index (χ1v) is 13.5. The van der Waals surface area contributed by atoms with Crippen molar-refractivity contribution < 1.29 is 13.9 Å². The van der Waals surface area contributed by atoms with Crippen LogP contribution in [0.3, 0.4) is 0 Å². The fraction of sp³-hybridized carbons (Fsp3) is 0.379. The van der Waals surface area contributed by atoms with E-state index in [4.69, 9.17) is 9.47 Å². The van der Waals surface area contributed by atoms with Gasteiger partial charge in [-0.2, -0.15) is 0 Å². The molecule has 0 saturated carbocycles. The van der Waals surface area contributed by atoms with Crippen molar-refractivity contribution in [3.05, 3.63) is 87.7 Å². The molecule has 0 aliphatic carbocycles. The molecule has 0 radical (unpaired) electrons. The lowest BCUT2D eigenvalue weighted by atomic mass is 9.96. The first-order chi connectivity index (χ1) is 19.1. The Hall–Kier alpha value is -3.89. The number of nitrogens with one attached hydrogen (secondary N) is 1. The Kier molecular flexibility index (Phi) is 7.21. The lowest BCUT2D eigenvalue weighted by molar-refractivity contribution is 0.0910. The second-order valence-corrected chi connectivity index (χ2v) is 9.97. The van der Waals surface area contributed by atoms with Gasteiger partial charge in [-0.05, 0) is 84.1 Å². The molecule has 2 aromatic carbocycles. The summed E-state index contributed by atoms with van der Waals surface area (Å²) in [6.45, 7) is 5.03. The Bertz CT molecular complexity index is 1540. The van der Waals surface area contributed by atoms with Gasteiger partial charge in [0.15, 0.2) is 5.82 Å². The van der Waals surface area contributed by atoms with Crippen molar-refractivity contribution in [3.8, 4) is 5.75 Å². The molecule has 2 aliphatic heterocycles. The van der Waals surface area contributed by atoms with E-state index in [1.807, 2.05) is 31.2 Å². The minimum absolute atomic E-state index is 0.0443. The molecular formula is C29H31FN6O3. The third kappa shape index (κ3) is 5.35. The molecule has 1 N–H and O–H groups in total. The van der Waals surface area contributed by atoms with Crippen molar-refractivity contribution in [2.24, 2.45) is 0 Å². The normalized spacial score (nSPS) is 18.8. The monoisotopic (exact) mass is 530 g/mol. The zero-order chi connectivity index (χ0) is 26.8. The van der Waals surface area contributed by atoms with Crippen LogP contribution in [0.4, 0.5) is 4.39 Å². The topological polar surface area (TPSA) is 98.2 Å². The minimum Gasteiger partial charge on any atom is -0.494 e. The lowest BCUT2D eigenvalue weighted by Crippen LogP contribution is -2.38. The number of aromatic nitrogens is 5. The lowest BCUT2D eigenvalue weighted by Gasteiger charge is -2.33. The number of H-pyrrole nitrogens is 1. The van der Waals surface area contributed by atoms with Gasteiger partial charge in [-0.25, -0.2) is 9.07 Å². The quantitative estimate of drug-likeness (QED) is 0.366. The van der Waals surface area contributed by atoms with Crippen LogP contribution >= 0.6 is 0 Å². The van der Waals surface area contributed by atoms with Crippen molar-refractivity contribution >= 4 is 16.5 Å². The summed E-state index contributed by atoms with van der Waals surface area (Å²) in [5.41, 5.74) is 3.28. The number of fused-ring (bicyclic) bond motifs is 1. The van der Waals surface area contributed by atoms with Crippen molar-refractivity contribution in [2.45, 2.75) is 44.9 Å². The Morgan fingerprint density at radius 1 is 1.21 bits per heavy atom. The van der Waals surface area contributed by atoms with E-state index in [1.54, 1.807) is 16.8 Å². The van der Waals surface area contributed by atoms with Gasteiger partial charge >= 0.3 is 0 Å². The van der Waals surface area contributed by atoms with Gasteiger partial charge < -0.3 is 14.5 Å². The fourth-order valence-electron chi connectivity index (χ4n) is 5.52. The third-order valence-electron chi connectivity index (χ3n) is 7.48. The van der Waals surface area contributed by atoms with Crippen molar-refractivity contribution in [3.63, 3.8) is 0 Å². The average molecular weight is 531 g/mol. The molecule has 2 aromatic heterocycles. The Morgan fingerprint density at radius 3 is 2.82 bits per heavy atom. The van der Waals surface area contributed by atoms with Crippen LogP contribution in [0.25, 0.3) is 16.5 Å². The summed E-state index contributed by atoms with van der Waals surface area (Å²) in [6.07, 6.45) is 4.90. The van der Waals surface area contributed by atoms with Gasteiger partial charge in [-0.1, -0.05) is 18.2 Å². The molecule has 2 aliphatic rings. The molecule has 0 amide bonds. The van der Waals surface area contributed by atoms with E-state index in [2.05, 4.69) is 31.5 Å². The van der Waals surface area contributed by atoms with E-state index in [0.29, 0.717) is 37.6 Å². The Balaban J connectivity index is 1.40. The predicted octanol–water partition coefficient (Wildman–Crippen LogP) is 4.11. The van der Waals surface area contributed by atoms with Crippen LogP contribution < -0.4 is 10.3 Å². The first-order valence-electron chi connectivity index (χ1n) is 13.5. The van der Waals surface area contributed by atoms with Crippen LogP contribution in [0.5, 0.6) is 5.75 Å². The largest absolute Gasteiger partial charge is 0.494 e. The van der Waals surface area contributed by atoms with E-state index in [-0.39, 0.29) is 17.5 Å². The molecule has 4 aromatic rings. The van der Waals surface area contributed by atoms with Crippen LogP contribution in [-0.2, 0) is 11.3 Å². The highest BCUT2D eigenvalue weighted by molar-refractivity contribution is 5.80. The van der Waals surface area contributed by atoms with Gasteiger partial charge in [0.1, 0.15) is 17.6 Å². The molecule has 1 fully saturated rings. The van der Waals surface area contributed by atoms with Gasteiger partial charge in [0, 0.05) is 36.2 Å². The third-order valence-corrected chi connectivity index (χ3v) is 7.48. The number of benzene rings is 2. The number of hydrogen-bond donors (Lipinski definition) is 1. The zero-order valence-corrected chi connectivity index (χ0v) is 21.8. The maximum atomic E-state index is 13.5. The van der Waals surface area contributed by atoms with E-state index in [1.165, 1.54) is 12.1 Å². The smallest absolute Gasteiger partial charge is 0.253 e. The number of aromatic amines is 1. The van der Waals surface area contributed by atoms with E-state index in [0.717, 1.165) is 53.7 Å². The van der Waals surface area contributed by atoms with Crippen LogP contribution in [0.1, 0.15) is 49.2 Å². The maximum absolute atomic E-state index is 13.5. The van der Waals surface area contributed by atoms with E-state index < -0.39 is 6.04 Å². The highest BCUT2D eigenvalue weighted by Crippen LogP contribution is 2.32. The molecule has 1 saturated heterocycles. The summed E-state index contributed by atoms with van der Waals surface area (Å²) in [6, 6.07) is 13.7. The summed E-state index contributed by atoms with van der Waals surface area (Å²) >= 11 is 0. The van der Waals surface area contributed by atoms with E-state index in [9.17, 15) is 9.18 Å². The SMILES string of the molecule is CCOc1ccc2[nH]c(=O)c(C(c3nnnn3CC3CCCO3)N3CC=C(c4ccc(F)cc4)CC3)cc2c1. The Labute approximate surface area is 225 Å². The standard InChI is InChI=1S/C29H31FN6O3/c1-2-38-23-9-10-26-21(16-23)17-25(29(37)31-26)27(28-32-33-34-36(28)18-24-4-3-15-39-24)35-13-11-20(12-14-35)19-5-7-22(30)8-6-19/h5-11,16-17,24,27H,2-4,12-15,18H2,1H3,(H,31,37). The predicted molar refractivity (Wildman–Crippen MR) is 145 cm³/mol. The van der Waals surface area contributed by atoms with Crippen molar-refractivity contribution in [1.82, 2.24) is 30.1 Å². The molecule has 10 heteroatoms. The summed E-state index contributed by atoms with van der Waals surface area (Å²) in [5.74, 6) is 1.10. The van der Waals surface area contributed by atoms with Crippen LogP contribution in [0, 0.1) is 5.82 Å². The average Bonchev–Trinajstić information content (AvgIpc) is 3.63. The summed E-state index contributed by atoms with van der Waals surface area (Å²) in [4.78, 5) is 18.8. The molecule has 9 nitrogen and oxygen atoms in total. The fourth-order valence-corrected chi connectivity index (χ4v) is 5.52. The highest BCUT2D eigenvalue weighted by Gasteiger charge is 2.32. The second kappa shape index (κ2) is 11.1. The summed E-state index contributed by atoms with van der Waals surface area (Å²) < 4.78 is 26.8. The number of tetrazole rings is 1. The van der Waals surface area contributed by atoms with Gasteiger partial charge in [0.2, 0.25) is 0 Å². The van der Waals surface area contributed by atoms with Crippen LogP contribution in [0.2, 0.25) is 0 Å². The molecule has 0 bridgehead atoms. The molecule has 4 heterocycles. The minimum atomic E-state index is -0.476. The number of nitrogens with zero attached hydrogens (tertiary/aromatic N) is 5. The number of hydrogen-bond acceptors (Lipinski definition) is 7. The molecule has 0 spiro atoms. The van der Waals surface area contributed by atoms with Gasteiger partial charge in [-0.3, -0.25) is 9.69 Å². The molecule has 202 valence electrons. The van der Waals surface area contributed by atoms with Crippen LogP contribution in [0.15, 0.2) is 59.4 Å². The molecule has 6 rings (SSSR count). The van der Waals surface area contributed by atoms with E-state index >= 15 is 0 Å². The van der Waals surface area contributed by atoms with Gasteiger partial charge in [-0.15, -0.1) is 5.10 Å². The summed E-state index contributed by atoms with van der Waals surface area (Å²) in [7, 11) is 0. The zero-order valence-electron chi connectivity index (χ0n) is 21.8. The molecule has 2 unspecified atom stereocenters. The second-order valence-electron chi connectivity index (χ2n) is 9.97. The number of rotatable bonds is 8. The van der Waals surface area contributed by atoms with Crippen molar-refractivity contribution in [1.29, 1.82) is 0 Å². The summed E-state index contributed by atoms with van der Waals surface area (Å²) in [5, 5.41) is 13.6. The number of ether oxygens (including phenoxy) is 2. The van der Waals surface area contributed by atoms with Crippen LogP contribution in [-0.4, -0.2) is 62.5 Å².